The van der Waals surface area contributed by atoms with E-state index < -0.39 is 0 Å². The number of halogens is 1. The molecule has 1 amide bonds. The molecule has 8 nitrogen and oxygen atoms in total. The van der Waals surface area contributed by atoms with Gasteiger partial charge in [0, 0.05) is 21.6 Å². The van der Waals surface area contributed by atoms with Crippen molar-refractivity contribution in [1.29, 1.82) is 0 Å². The molecule has 0 spiro atoms. The molecule has 1 aromatic heterocycles. The number of nitrogens with zero attached hydrogens (tertiary/aromatic N) is 3. The van der Waals surface area contributed by atoms with Crippen LogP contribution in [0.4, 0.5) is 5.69 Å². The summed E-state index contributed by atoms with van der Waals surface area (Å²) in [4.78, 5) is 31.1. The topological polar surface area (TPSA) is 97.6 Å². The smallest absolute Gasteiger partial charge is 0.338 e. The Kier molecular flexibility index (Phi) is 7.51. The molecule has 172 valence electrons. The van der Waals surface area contributed by atoms with Crippen LogP contribution in [0.5, 0.6) is 0 Å². The third kappa shape index (κ3) is 6.06. The SMILES string of the molecule is CCOC(=O)c1ccc(NC(=O)C2CCN(Cc3nc(-c4ccc(Br)cc4)no3)CC2)cc1. The molecule has 9 heteroatoms. The monoisotopic (exact) mass is 512 g/mol. The van der Waals surface area contributed by atoms with Crippen LogP contribution >= 0.6 is 15.9 Å². The Balaban J connectivity index is 1.25. The highest BCUT2D eigenvalue weighted by Crippen LogP contribution is 2.23. The van der Waals surface area contributed by atoms with Crippen LogP contribution in [0, 0.1) is 5.92 Å². The lowest BCUT2D eigenvalue weighted by atomic mass is 9.96. The third-order valence-electron chi connectivity index (χ3n) is 5.55. The van der Waals surface area contributed by atoms with Crippen LogP contribution in [0.25, 0.3) is 11.4 Å². The molecule has 0 radical (unpaired) electrons. The lowest BCUT2D eigenvalue weighted by Gasteiger charge is -2.30. The van der Waals surface area contributed by atoms with E-state index in [1.54, 1.807) is 31.2 Å². The second-order valence-corrected chi connectivity index (χ2v) is 8.77. The van der Waals surface area contributed by atoms with Crippen molar-refractivity contribution in [2.24, 2.45) is 5.92 Å². The van der Waals surface area contributed by atoms with Crippen molar-refractivity contribution >= 4 is 33.5 Å². The first-order valence-electron chi connectivity index (χ1n) is 10.9. The van der Waals surface area contributed by atoms with E-state index in [9.17, 15) is 9.59 Å². The Labute approximate surface area is 200 Å². The second kappa shape index (κ2) is 10.7. The number of hydrogen-bond acceptors (Lipinski definition) is 7. The van der Waals surface area contributed by atoms with Gasteiger partial charge in [0.05, 0.1) is 18.7 Å². The van der Waals surface area contributed by atoms with Gasteiger partial charge in [0.1, 0.15) is 0 Å². The normalized spacial score (nSPS) is 14.7. The number of piperidine rings is 1. The molecule has 33 heavy (non-hydrogen) atoms. The molecule has 1 aliphatic rings. The number of amides is 1. The number of ether oxygens (including phenoxy) is 1. The van der Waals surface area contributed by atoms with Crippen molar-refractivity contribution in [3.63, 3.8) is 0 Å². The molecule has 0 aliphatic carbocycles. The highest BCUT2D eigenvalue weighted by atomic mass is 79.9. The van der Waals surface area contributed by atoms with Crippen molar-refractivity contribution in [2.45, 2.75) is 26.3 Å². The maximum absolute atomic E-state index is 12.7. The molecule has 3 aromatic rings. The minimum atomic E-state index is -0.368. The number of carbonyl (C=O) groups is 2. The van der Waals surface area contributed by atoms with Crippen LogP contribution in [-0.2, 0) is 16.1 Å². The first-order valence-corrected chi connectivity index (χ1v) is 11.7. The van der Waals surface area contributed by atoms with Crippen molar-refractivity contribution in [3.8, 4) is 11.4 Å². The number of anilines is 1. The quantitative estimate of drug-likeness (QED) is 0.464. The number of carbonyl (C=O) groups excluding carboxylic acids is 2. The summed E-state index contributed by atoms with van der Waals surface area (Å²) >= 11 is 3.42. The molecule has 1 N–H and O–H groups in total. The number of likely N-dealkylation sites (tertiary alicyclic amines) is 1. The molecular weight excluding hydrogens is 488 g/mol. The molecule has 4 rings (SSSR count). The van der Waals surface area contributed by atoms with Crippen molar-refractivity contribution in [1.82, 2.24) is 15.0 Å². The van der Waals surface area contributed by atoms with Crippen molar-refractivity contribution in [3.05, 3.63) is 64.5 Å². The molecular formula is C24H25BrN4O4. The highest BCUT2D eigenvalue weighted by molar-refractivity contribution is 9.10. The molecule has 1 fully saturated rings. The van der Waals surface area contributed by atoms with Gasteiger partial charge in [-0.1, -0.05) is 21.1 Å². The fourth-order valence-electron chi connectivity index (χ4n) is 3.73. The number of benzene rings is 2. The average Bonchev–Trinajstić information content (AvgIpc) is 3.29. The summed E-state index contributed by atoms with van der Waals surface area (Å²) in [7, 11) is 0. The Hall–Kier alpha value is -3.04. The molecule has 2 heterocycles. The minimum Gasteiger partial charge on any atom is -0.462 e. The van der Waals surface area contributed by atoms with E-state index in [0.717, 1.165) is 36.0 Å². The van der Waals surface area contributed by atoms with E-state index in [0.29, 0.717) is 36.1 Å². The van der Waals surface area contributed by atoms with E-state index in [1.165, 1.54) is 0 Å². The van der Waals surface area contributed by atoms with Gasteiger partial charge in [0.25, 0.3) is 0 Å². The second-order valence-electron chi connectivity index (χ2n) is 7.86. The van der Waals surface area contributed by atoms with Gasteiger partial charge in [-0.15, -0.1) is 0 Å². The van der Waals surface area contributed by atoms with Crippen LogP contribution in [-0.4, -0.2) is 46.6 Å². The van der Waals surface area contributed by atoms with E-state index >= 15 is 0 Å². The van der Waals surface area contributed by atoms with Crippen LogP contribution in [0.2, 0.25) is 0 Å². The third-order valence-corrected chi connectivity index (χ3v) is 6.08. The standard InChI is InChI=1S/C24H25BrN4O4/c1-2-32-24(31)18-5-9-20(10-6-18)26-23(30)17-11-13-29(14-12-17)15-21-27-22(28-33-21)16-3-7-19(25)8-4-16/h3-10,17H,2,11-15H2,1H3,(H,26,30). The van der Waals surface area contributed by atoms with Gasteiger partial charge in [-0.25, -0.2) is 4.79 Å². The van der Waals surface area contributed by atoms with Crippen LogP contribution < -0.4 is 5.32 Å². The molecule has 2 aromatic carbocycles. The van der Waals surface area contributed by atoms with Gasteiger partial charge < -0.3 is 14.6 Å². The van der Waals surface area contributed by atoms with Gasteiger partial charge in [-0.05, 0) is 81.4 Å². The number of nitrogens with one attached hydrogen (secondary N) is 1. The Morgan fingerprint density at radius 3 is 2.48 bits per heavy atom. The maximum Gasteiger partial charge on any atom is 0.338 e. The molecule has 0 atom stereocenters. The van der Waals surface area contributed by atoms with Gasteiger partial charge in [0.15, 0.2) is 0 Å². The number of hydrogen-bond donors (Lipinski definition) is 1. The largest absolute Gasteiger partial charge is 0.462 e. The summed E-state index contributed by atoms with van der Waals surface area (Å²) < 4.78 is 11.4. The average molecular weight is 513 g/mol. The zero-order valence-corrected chi connectivity index (χ0v) is 19.9. The summed E-state index contributed by atoms with van der Waals surface area (Å²) in [5.74, 6) is 0.701. The molecule has 0 bridgehead atoms. The summed E-state index contributed by atoms with van der Waals surface area (Å²) in [6, 6.07) is 14.5. The first kappa shape index (κ1) is 23.1. The number of aromatic nitrogens is 2. The number of rotatable bonds is 7. The fraction of sp³-hybridized carbons (Fsp3) is 0.333. The zero-order valence-electron chi connectivity index (χ0n) is 18.3. The van der Waals surface area contributed by atoms with E-state index in [2.05, 4.69) is 36.3 Å². The lowest BCUT2D eigenvalue weighted by Crippen LogP contribution is -2.37. The zero-order chi connectivity index (χ0) is 23.2. The predicted octanol–water partition coefficient (Wildman–Crippen LogP) is 4.53. The van der Waals surface area contributed by atoms with Gasteiger partial charge >= 0.3 is 5.97 Å². The minimum absolute atomic E-state index is 0.00569. The van der Waals surface area contributed by atoms with E-state index in [1.807, 2.05) is 24.3 Å². The summed E-state index contributed by atoms with van der Waals surface area (Å²) in [5.41, 5.74) is 2.04. The van der Waals surface area contributed by atoms with Crippen LogP contribution in [0.1, 0.15) is 36.0 Å². The summed E-state index contributed by atoms with van der Waals surface area (Å²) in [5, 5.41) is 7.02. The van der Waals surface area contributed by atoms with Crippen molar-refractivity contribution in [2.75, 3.05) is 25.0 Å². The molecule has 1 aliphatic heterocycles. The van der Waals surface area contributed by atoms with Crippen LogP contribution in [0.15, 0.2) is 57.5 Å². The Bertz CT molecular complexity index is 1090. The van der Waals surface area contributed by atoms with Gasteiger partial charge in [-0.3, -0.25) is 9.69 Å². The lowest BCUT2D eigenvalue weighted by molar-refractivity contribution is -0.121. The fourth-order valence-corrected chi connectivity index (χ4v) is 3.99. The first-order chi connectivity index (χ1) is 16.0. The molecule has 0 unspecified atom stereocenters. The Morgan fingerprint density at radius 1 is 1.12 bits per heavy atom. The number of esters is 1. The summed E-state index contributed by atoms with van der Waals surface area (Å²) in [6.07, 6.45) is 1.50. The molecule has 1 saturated heterocycles. The van der Waals surface area contributed by atoms with E-state index in [4.69, 9.17) is 9.26 Å². The summed E-state index contributed by atoms with van der Waals surface area (Å²) in [6.45, 7) is 4.20. The highest BCUT2D eigenvalue weighted by Gasteiger charge is 2.26. The molecule has 0 saturated carbocycles. The van der Waals surface area contributed by atoms with E-state index in [-0.39, 0.29) is 17.8 Å². The predicted molar refractivity (Wildman–Crippen MR) is 126 cm³/mol. The van der Waals surface area contributed by atoms with Crippen molar-refractivity contribution < 1.29 is 18.8 Å². The van der Waals surface area contributed by atoms with Gasteiger partial charge in [-0.2, -0.15) is 4.98 Å². The maximum atomic E-state index is 12.7. The van der Waals surface area contributed by atoms with Gasteiger partial charge in [0.2, 0.25) is 17.6 Å². The Morgan fingerprint density at radius 2 is 1.82 bits per heavy atom. The van der Waals surface area contributed by atoms with Crippen LogP contribution in [0.3, 0.4) is 0 Å².